The van der Waals surface area contributed by atoms with Gasteiger partial charge in [0, 0.05) is 12.1 Å². The molecule has 0 amide bonds. The van der Waals surface area contributed by atoms with Crippen LogP contribution in [0.1, 0.15) is 23.4 Å². The molecule has 0 spiro atoms. The number of nitrogens with two attached hydrogens (primary N) is 1. The molecule has 9 heteroatoms. The van der Waals surface area contributed by atoms with Gasteiger partial charge in [0.25, 0.3) is 6.43 Å². The van der Waals surface area contributed by atoms with Crippen molar-refractivity contribution in [1.82, 2.24) is 4.98 Å². The minimum Gasteiger partial charge on any atom is -0.404 e. The summed E-state index contributed by atoms with van der Waals surface area (Å²) in [5, 5.41) is 8.83. The second-order valence-electron chi connectivity index (χ2n) is 3.18. The van der Waals surface area contributed by atoms with Crippen LogP contribution in [0.15, 0.2) is 6.07 Å². The molecular formula is C9H9F5N2O2. The fraction of sp³-hybridized carbons (Fsp3) is 0.444. The number of aliphatic hydroxyl groups excluding tert-OH is 1. The van der Waals surface area contributed by atoms with E-state index >= 15 is 0 Å². The molecule has 4 nitrogen and oxygen atoms in total. The zero-order valence-corrected chi connectivity index (χ0v) is 8.84. The Bertz CT molecular complexity index is 422. The van der Waals surface area contributed by atoms with E-state index in [2.05, 4.69) is 9.72 Å². The van der Waals surface area contributed by atoms with E-state index < -0.39 is 36.4 Å². The van der Waals surface area contributed by atoms with Crippen LogP contribution in [0.4, 0.5) is 22.0 Å². The first kappa shape index (κ1) is 14.6. The van der Waals surface area contributed by atoms with Crippen LogP contribution in [0.5, 0.6) is 5.75 Å². The molecule has 1 aromatic heterocycles. The smallest absolute Gasteiger partial charge is 0.404 e. The van der Waals surface area contributed by atoms with Gasteiger partial charge < -0.3 is 15.6 Å². The number of nitrogens with zero attached hydrogens (tertiary/aromatic N) is 1. The van der Waals surface area contributed by atoms with Crippen LogP contribution in [-0.2, 0) is 13.2 Å². The third-order valence-electron chi connectivity index (χ3n) is 1.98. The molecule has 0 aliphatic rings. The van der Waals surface area contributed by atoms with Gasteiger partial charge in [-0.2, -0.15) is 0 Å². The summed E-state index contributed by atoms with van der Waals surface area (Å²) in [4.78, 5) is 3.44. The number of hydrogen-bond donors (Lipinski definition) is 2. The molecule has 1 rings (SSSR count). The Balaban J connectivity index is 3.27. The van der Waals surface area contributed by atoms with Crippen LogP contribution < -0.4 is 10.5 Å². The maximum Gasteiger partial charge on any atom is 0.573 e. The van der Waals surface area contributed by atoms with Gasteiger partial charge in [0.2, 0.25) is 0 Å². The van der Waals surface area contributed by atoms with Gasteiger partial charge in [-0.05, 0) is 6.07 Å². The van der Waals surface area contributed by atoms with Crippen LogP contribution in [0.3, 0.4) is 0 Å². The Morgan fingerprint density at radius 3 is 2.33 bits per heavy atom. The molecule has 0 saturated heterocycles. The summed E-state index contributed by atoms with van der Waals surface area (Å²) in [7, 11) is 0. The van der Waals surface area contributed by atoms with Crippen molar-refractivity contribution in [1.29, 1.82) is 0 Å². The minimum atomic E-state index is -5.06. The first-order chi connectivity index (χ1) is 8.28. The van der Waals surface area contributed by atoms with E-state index in [9.17, 15) is 22.0 Å². The van der Waals surface area contributed by atoms with Crippen molar-refractivity contribution >= 4 is 0 Å². The molecule has 1 aromatic rings. The molecule has 1 heterocycles. The number of aliphatic hydroxyl groups is 1. The second kappa shape index (κ2) is 5.44. The van der Waals surface area contributed by atoms with Gasteiger partial charge in [0.15, 0.2) is 5.75 Å². The monoisotopic (exact) mass is 272 g/mol. The fourth-order valence-corrected chi connectivity index (χ4v) is 1.27. The maximum atomic E-state index is 12.6. The highest BCUT2D eigenvalue weighted by Crippen LogP contribution is 2.31. The lowest BCUT2D eigenvalue weighted by atomic mass is 10.1. The highest BCUT2D eigenvalue weighted by Gasteiger charge is 2.33. The standard InChI is InChI=1S/C9H9F5N2O2/c10-8(11)4-1-7(18-9(12,13)14)6(3-17)16-5(4)2-15/h1,8,17H,2-3,15H2. The molecule has 0 radical (unpaired) electrons. The van der Waals surface area contributed by atoms with Crippen molar-refractivity contribution in [2.75, 3.05) is 0 Å². The first-order valence-corrected chi connectivity index (χ1v) is 4.66. The topological polar surface area (TPSA) is 68.4 Å². The van der Waals surface area contributed by atoms with Gasteiger partial charge in [0.05, 0.1) is 12.3 Å². The van der Waals surface area contributed by atoms with Crippen LogP contribution in [0.2, 0.25) is 0 Å². The lowest BCUT2D eigenvalue weighted by molar-refractivity contribution is -0.275. The highest BCUT2D eigenvalue weighted by atomic mass is 19.4. The van der Waals surface area contributed by atoms with Crippen LogP contribution in [-0.4, -0.2) is 16.5 Å². The second-order valence-corrected chi connectivity index (χ2v) is 3.18. The summed E-state index contributed by atoms with van der Waals surface area (Å²) < 4.78 is 64.7. The van der Waals surface area contributed by atoms with Crippen molar-refractivity contribution in [3.05, 3.63) is 23.0 Å². The molecule has 0 unspecified atom stereocenters. The van der Waals surface area contributed by atoms with Gasteiger partial charge in [-0.1, -0.05) is 0 Å². The molecule has 0 bridgehead atoms. The quantitative estimate of drug-likeness (QED) is 0.821. The molecular weight excluding hydrogens is 263 g/mol. The summed E-state index contributed by atoms with van der Waals surface area (Å²) in [5.74, 6) is -0.961. The van der Waals surface area contributed by atoms with Crippen molar-refractivity contribution in [2.45, 2.75) is 25.9 Å². The predicted molar refractivity (Wildman–Crippen MR) is 49.7 cm³/mol. The van der Waals surface area contributed by atoms with Crippen molar-refractivity contribution in [2.24, 2.45) is 5.73 Å². The lowest BCUT2D eigenvalue weighted by Crippen LogP contribution is -2.20. The Morgan fingerprint density at radius 2 is 1.94 bits per heavy atom. The van der Waals surface area contributed by atoms with E-state index in [1.165, 1.54) is 0 Å². The number of alkyl halides is 5. The van der Waals surface area contributed by atoms with Gasteiger partial charge in [-0.3, -0.25) is 0 Å². The zero-order chi connectivity index (χ0) is 13.9. The molecule has 0 aromatic carbocycles. The summed E-state index contributed by atoms with van der Waals surface area (Å²) >= 11 is 0. The van der Waals surface area contributed by atoms with E-state index in [1.807, 2.05) is 0 Å². The third-order valence-corrected chi connectivity index (χ3v) is 1.98. The van der Waals surface area contributed by atoms with E-state index in [4.69, 9.17) is 10.8 Å². The Labute approximate surface area is 98.2 Å². The number of halogens is 5. The predicted octanol–water partition coefficient (Wildman–Crippen LogP) is 1.87. The number of rotatable bonds is 4. The molecule has 102 valence electrons. The van der Waals surface area contributed by atoms with Crippen LogP contribution in [0, 0.1) is 0 Å². The largest absolute Gasteiger partial charge is 0.573 e. The van der Waals surface area contributed by atoms with E-state index in [0.717, 1.165) is 0 Å². The Kier molecular flexibility index (Phi) is 4.41. The van der Waals surface area contributed by atoms with Gasteiger partial charge in [-0.15, -0.1) is 13.2 Å². The Morgan fingerprint density at radius 1 is 1.33 bits per heavy atom. The van der Waals surface area contributed by atoms with E-state index in [1.54, 1.807) is 0 Å². The summed E-state index contributed by atoms with van der Waals surface area (Å²) in [6, 6.07) is 0.485. The van der Waals surface area contributed by atoms with Crippen LogP contribution >= 0.6 is 0 Å². The number of hydrogen-bond acceptors (Lipinski definition) is 4. The van der Waals surface area contributed by atoms with Gasteiger partial charge >= 0.3 is 6.36 Å². The number of ether oxygens (including phenoxy) is 1. The lowest BCUT2D eigenvalue weighted by Gasteiger charge is -2.15. The summed E-state index contributed by atoms with van der Waals surface area (Å²) in [5.41, 5.74) is 3.60. The third kappa shape index (κ3) is 3.50. The summed E-state index contributed by atoms with van der Waals surface area (Å²) in [6.07, 6.45) is -8.10. The molecule has 0 fully saturated rings. The van der Waals surface area contributed by atoms with Crippen molar-refractivity contribution in [3.8, 4) is 5.75 Å². The van der Waals surface area contributed by atoms with Crippen LogP contribution in [0.25, 0.3) is 0 Å². The normalized spacial score (nSPS) is 12.0. The minimum absolute atomic E-state index is 0.288. The first-order valence-electron chi connectivity index (χ1n) is 4.66. The average Bonchev–Trinajstić information content (AvgIpc) is 2.26. The summed E-state index contributed by atoms with van der Waals surface area (Å²) in [6.45, 7) is -1.28. The molecule has 18 heavy (non-hydrogen) atoms. The molecule has 3 N–H and O–H groups in total. The Hall–Kier alpha value is -1.48. The van der Waals surface area contributed by atoms with Gasteiger partial charge in [-0.25, -0.2) is 13.8 Å². The SMILES string of the molecule is NCc1nc(CO)c(OC(F)(F)F)cc1C(F)F. The highest BCUT2D eigenvalue weighted by molar-refractivity contribution is 5.36. The molecule has 0 aliphatic heterocycles. The van der Waals surface area contributed by atoms with E-state index in [0.29, 0.717) is 6.07 Å². The number of pyridine rings is 1. The molecule has 0 atom stereocenters. The zero-order valence-electron chi connectivity index (χ0n) is 8.84. The molecule has 0 aliphatic carbocycles. The number of aromatic nitrogens is 1. The fourth-order valence-electron chi connectivity index (χ4n) is 1.27. The van der Waals surface area contributed by atoms with Crippen molar-refractivity contribution in [3.63, 3.8) is 0 Å². The van der Waals surface area contributed by atoms with Gasteiger partial charge in [0.1, 0.15) is 5.69 Å². The van der Waals surface area contributed by atoms with Crippen molar-refractivity contribution < 1.29 is 31.8 Å². The average molecular weight is 272 g/mol. The molecule has 0 saturated carbocycles. The maximum absolute atomic E-state index is 12.6. The van der Waals surface area contributed by atoms with E-state index in [-0.39, 0.29) is 12.2 Å².